The number of rotatable bonds is 5. The number of carboxylic acid groups (broad SMARTS) is 3. The molecule has 2 saturated heterocycles. The lowest BCUT2D eigenvalue weighted by atomic mass is 9.92. The molecule has 1 saturated carbocycles. The highest BCUT2D eigenvalue weighted by molar-refractivity contribution is 5.73. The second-order valence-corrected chi connectivity index (χ2v) is 10.3. The molecule has 4 heterocycles. The molecule has 0 amide bonds. The van der Waals surface area contributed by atoms with Crippen molar-refractivity contribution in [2.75, 3.05) is 24.5 Å². The van der Waals surface area contributed by atoms with Crippen molar-refractivity contribution in [3.63, 3.8) is 0 Å². The third-order valence-electron chi connectivity index (χ3n) is 6.85. The van der Waals surface area contributed by atoms with Crippen molar-refractivity contribution in [3.8, 4) is 0 Å². The Balaban J connectivity index is 0.000000289. The molecule has 0 radical (unpaired) electrons. The van der Waals surface area contributed by atoms with Crippen LogP contribution in [0, 0.1) is 11.8 Å². The summed E-state index contributed by atoms with van der Waals surface area (Å²) >= 11 is 0. The Morgan fingerprint density at radius 3 is 1.67 bits per heavy atom. The minimum absolute atomic E-state index is 0.618. The Labute approximate surface area is 254 Å². The third-order valence-corrected chi connectivity index (χ3v) is 6.85. The standard InChI is InChI=1S/C19H26N6.3C2HF3O2/c1-6-20-19(21-7-1)23-10-5-18-16(13-23)11-17(14-24-9-2-8-22-24)25(18)12-15-3-4-15;3*3-2(4,5)1(6)7/h1-2,6-9,15-18H,3-5,10-14H2;3*(H,6,7)/t16-,17+,18+;;;/m1.../s1. The first-order valence-corrected chi connectivity index (χ1v) is 13.4. The molecule has 2 aromatic heterocycles. The molecule has 258 valence electrons. The summed E-state index contributed by atoms with van der Waals surface area (Å²) in [5.74, 6) is -5.72. The van der Waals surface area contributed by atoms with Crippen molar-refractivity contribution in [1.29, 1.82) is 0 Å². The van der Waals surface area contributed by atoms with Crippen LogP contribution in [0.15, 0.2) is 36.9 Å². The number of halogens is 9. The summed E-state index contributed by atoms with van der Waals surface area (Å²) in [6.07, 6.45) is -2.22. The van der Waals surface area contributed by atoms with Gasteiger partial charge in [-0.1, -0.05) is 0 Å². The van der Waals surface area contributed by atoms with E-state index in [2.05, 4.69) is 35.7 Å². The van der Waals surface area contributed by atoms with E-state index in [1.807, 2.05) is 30.7 Å². The average molecular weight is 681 g/mol. The van der Waals surface area contributed by atoms with E-state index in [1.165, 1.54) is 32.2 Å². The number of hydrogen-bond donors (Lipinski definition) is 3. The molecule has 46 heavy (non-hydrogen) atoms. The van der Waals surface area contributed by atoms with Crippen LogP contribution in [0.4, 0.5) is 45.5 Å². The zero-order valence-corrected chi connectivity index (χ0v) is 23.6. The number of anilines is 1. The van der Waals surface area contributed by atoms with Crippen LogP contribution in [0.25, 0.3) is 0 Å². The van der Waals surface area contributed by atoms with Gasteiger partial charge < -0.3 is 20.2 Å². The molecule has 21 heteroatoms. The molecule has 3 fully saturated rings. The second-order valence-electron chi connectivity index (χ2n) is 10.3. The molecule has 3 atom stereocenters. The van der Waals surface area contributed by atoms with E-state index in [1.54, 1.807) is 0 Å². The lowest BCUT2D eigenvalue weighted by Crippen LogP contribution is -2.48. The van der Waals surface area contributed by atoms with Gasteiger partial charge in [-0.3, -0.25) is 9.58 Å². The van der Waals surface area contributed by atoms with E-state index in [0.29, 0.717) is 6.04 Å². The molecular formula is C25H29F9N6O6. The van der Waals surface area contributed by atoms with Crippen LogP contribution in [0.5, 0.6) is 0 Å². The SMILES string of the molecule is O=C(O)C(F)(F)F.O=C(O)C(F)(F)F.O=C(O)C(F)(F)F.c1cnc(N2CC[C@H]3[C@H](C[C@@H](Cn4cccn4)N3CC3CC3)C2)nc1. The molecule has 3 N–H and O–H groups in total. The van der Waals surface area contributed by atoms with Crippen molar-refractivity contribution in [2.45, 2.75) is 62.8 Å². The molecule has 2 aliphatic heterocycles. The van der Waals surface area contributed by atoms with E-state index in [4.69, 9.17) is 29.7 Å². The van der Waals surface area contributed by atoms with Gasteiger partial charge in [-0.25, -0.2) is 24.4 Å². The van der Waals surface area contributed by atoms with Gasteiger partial charge in [0.2, 0.25) is 5.95 Å². The molecule has 0 bridgehead atoms. The van der Waals surface area contributed by atoms with Crippen molar-refractivity contribution >= 4 is 23.9 Å². The Hall–Kier alpha value is -4.17. The number of alkyl halides is 9. The monoisotopic (exact) mass is 680 g/mol. The Bertz CT molecular complexity index is 1200. The number of carbonyl (C=O) groups is 3. The molecular weight excluding hydrogens is 651 g/mol. The minimum Gasteiger partial charge on any atom is -0.475 e. The summed E-state index contributed by atoms with van der Waals surface area (Å²) in [6, 6.07) is 5.26. The van der Waals surface area contributed by atoms with Crippen LogP contribution in [0.1, 0.15) is 25.7 Å². The van der Waals surface area contributed by atoms with Crippen LogP contribution in [0.2, 0.25) is 0 Å². The number of nitrogens with zero attached hydrogens (tertiary/aromatic N) is 6. The Morgan fingerprint density at radius 1 is 0.761 bits per heavy atom. The van der Waals surface area contributed by atoms with Crippen molar-refractivity contribution in [2.24, 2.45) is 11.8 Å². The van der Waals surface area contributed by atoms with Crippen LogP contribution in [-0.4, -0.2) is 108 Å². The predicted molar refractivity (Wildman–Crippen MR) is 137 cm³/mol. The quantitative estimate of drug-likeness (QED) is 0.392. The fourth-order valence-electron chi connectivity index (χ4n) is 4.77. The fourth-order valence-corrected chi connectivity index (χ4v) is 4.77. The highest BCUT2D eigenvalue weighted by atomic mass is 19.4. The van der Waals surface area contributed by atoms with Gasteiger partial charge in [0.25, 0.3) is 0 Å². The Kier molecular flexibility index (Phi) is 13.1. The number of fused-ring (bicyclic) bond motifs is 1. The number of piperidine rings is 1. The van der Waals surface area contributed by atoms with E-state index >= 15 is 0 Å². The van der Waals surface area contributed by atoms with Crippen LogP contribution < -0.4 is 4.90 Å². The van der Waals surface area contributed by atoms with E-state index in [9.17, 15) is 39.5 Å². The molecule has 3 aliphatic rings. The molecule has 0 spiro atoms. The number of aliphatic carboxylic acids is 3. The van der Waals surface area contributed by atoms with Crippen LogP contribution in [0.3, 0.4) is 0 Å². The maximum Gasteiger partial charge on any atom is 0.490 e. The minimum atomic E-state index is -5.08. The van der Waals surface area contributed by atoms with Gasteiger partial charge in [-0.2, -0.15) is 44.6 Å². The average Bonchev–Trinajstić information content (AvgIpc) is 3.51. The Morgan fingerprint density at radius 2 is 1.26 bits per heavy atom. The van der Waals surface area contributed by atoms with E-state index < -0.39 is 36.4 Å². The maximum atomic E-state index is 10.6. The fraction of sp³-hybridized carbons (Fsp3) is 0.600. The van der Waals surface area contributed by atoms with Gasteiger partial charge in [0.15, 0.2) is 0 Å². The van der Waals surface area contributed by atoms with Gasteiger partial charge in [-0.05, 0) is 49.7 Å². The zero-order chi connectivity index (χ0) is 34.9. The second kappa shape index (κ2) is 15.9. The highest BCUT2D eigenvalue weighted by Crippen LogP contribution is 2.40. The molecule has 5 rings (SSSR count). The summed E-state index contributed by atoms with van der Waals surface area (Å²) in [5, 5.41) is 25.8. The summed E-state index contributed by atoms with van der Waals surface area (Å²) in [4.78, 5) is 40.8. The topological polar surface area (TPSA) is 162 Å². The third kappa shape index (κ3) is 12.7. The first kappa shape index (κ1) is 38.0. The summed E-state index contributed by atoms with van der Waals surface area (Å²) < 4.78 is 97.3. The summed E-state index contributed by atoms with van der Waals surface area (Å²) in [7, 11) is 0. The molecule has 1 aliphatic carbocycles. The van der Waals surface area contributed by atoms with E-state index in [-0.39, 0.29) is 0 Å². The number of aromatic nitrogens is 4. The maximum absolute atomic E-state index is 10.6. The number of hydrogen-bond acceptors (Lipinski definition) is 8. The first-order valence-electron chi connectivity index (χ1n) is 13.4. The largest absolute Gasteiger partial charge is 0.490 e. The van der Waals surface area contributed by atoms with Gasteiger partial charge in [0, 0.05) is 56.5 Å². The van der Waals surface area contributed by atoms with Crippen molar-refractivity contribution < 1.29 is 69.2 Å². The summed E-state index contributed by atoms with van der Waals surface area (Å²) in [5.41, 5.74) is 0. The molecule has 0 aromatic carbocycles. The highest BCUT2D eigenvalue weighted by Gasteiger charge is 2.46. The van der Waals surface area contributed by atoms with E-state index in [0.717, 1.165) is 43.5 Å². The van der Waals surface area contributed by atoms with Gasteiger partial charge in [0.1, 0.15) is 0 Å². The summed E-state index contributed by atoms with van der Waals surface area (Å²) in [6.45, 7) is 4.47. The van der Waals surface area contributed by atoms with Gasteiger partial charge >= 0.3 is 36.4 Å². The van der Waals surface area contributed by atoms with Crippen LogP contribution in [-0.2, 0) is 20.9 Å². The molecule has 2 aromatic rings. The lowest BCUT2D eigenvalue weighted by molar-refractivity contribution is -0.193. The number of likely N-dealkylation sites (tertiary alicyclic amines) is 1. The molecule has 12 nitrogen and oxygen atoms in total. The smallest absolute Gasteiger partial charge is 0.475 e. The number of carboxylic acids is 3. The first-order chi connectivity index (χ1) is 21.2. The zero-order valence-electron chi connectivity index (χ0n) is 23.6. The van der Waals surface area contributed by atoms with Gasteiger partial charge in [-0.15, -0.1) is 0 Å². The van der Waals surface area contributed by atoms with Gasteiger partial charge in [0.05, 0.1) is 6.54 Å². The predicted octanol–water partition coefficient (Wildman–Crippen LogP) is 3.95. The van der Waals surface area contributed by atoms with Crippen molar-refractivity contribution in [3.05, 3.63) is 36.9 Å². The lowest BCUT2D eigenvalue weighted by Gasteiger charge is -2.38. The molecule has 0 unspecified atom stereocenters. The van der Waals surface area contributed by atoms with Crippen molar-refractivity contribution in [1.82, 2.24) is 24.6 Å². The normalized spacial score (nSPS) is 21.3. The van der Waals surface area contributed by atoms with Crippen LogP contribution >= 0.6 is 0 Å².